The third kappa shape index (κ3) is 3.16. The Hall–Kier alpha value is -2.63. The number of carbonyl (C=O) groups is 2. The molecule has 1 aliphatic carbocycles. The highest BCUT2D eigenvalue weighted by Gasteiger charge is 2.26. The molecule has 0 bridgehead atoms. The maximum Gasteiger partial charge on any atom is 0.225 e. The molecule has 1 unspecified atom stereocenters. The SMILES string of the molecule is O=C1CCC(C(=O)NCc2nn(-c3ccccc3)c3c2CCC3)CN1. The van der Waals surface area contributed by atoms with Crippen LogP contribution in [0.3, 0.4) is 0 Å². The van der Waals surface area contributed by atoms with Gasteiger partial charge in [0.15, 0.2) is 0 Å². The van der Waals surface area contributed by atoms with Gasteiger partial charge in [-0.05, 0) is 43.4 Å². The number of benzene rings is 1. The van der Waals surface area contributed by atoms with E-state index in [0.29, 0.717) is 25.9 Å². The highest BCUT2D eigenvalue weighted by atomic mass is 16.2. The van der Waals surface area contributed by atoms with E-state index in [-0.39, 0.29) is 17.7 Å². The van der Waals surface area contributed by atoms with Crippen molar-refractivity contribution in [3.8, 4) is 5.69 Å². The molecule has 25 heavy (non-hydrogen) atoms. The standard InChI is InChI=1S/C19H22N4O2/c24-18-10-9-13(11-20-18)19(25)21-12-16-15-7-4-8-17(15)23(22-16)14-5-2-1-3-6-14/h1-3,5-6,13H,4,7-12H2,(H,20,24)(H,21,25). The lowest BCUT2D eigenvalue weighted by atomic mass is 9.98. The molecule has 130 valence electrons. The molecule has 2 aromatic rings. The van der Waals surface area contributed by atoms with Crippen molar-refractivity contribution in [2.45, 2.75) is 38.6 Å². The highest BCUT2D eigenvalue weighted by Crippen LogP contribution is 2.27. The fraction of sp³-hybridized carbons (Fsp3) is 0.421. The van der Waals surface area contributed by atoms with Crippen LogP contribution in [0.2, 0.25) is 0 Å². The second-order valence-electron chi connectivity index (χ2n) is 6.73. The number of rotatable bonds is 4. The molecule has 1 aliphatic heterocycles. The van der Waals surface area contributed by atoms with Gasteiger partial charge in [0.25, 0.3) is 0 Å². The van der Waals surface area contributed by atoms with Crippen molar-refractivity contribution in [3.05, 3.63) is 47.3 Å². The Morgan fingerprint density at radius 1 is 1.24 bits per heavy atom. The van der Waals surface area contributed by atoms with Crippen LogP contribution >= 0.6 is 0 Å². The summed E-state index contributed by atoms with van der Waals surface area (Å²) in [5.41, 5.74) is 4.57. The van der Waals surface area contributed by atoms with Crippen LogP contribution < -0.4 is 10.6 Å². The molecule has 0 saturated carbocycles. The Morgan fingerprint density at radius 3 is 2.84 bits per heavy atom. The molecule has 2 amide bonds. The van der Waals surface area contributed by atoms with Crippen molar-refractivity contribution in [1.82, 2.24) is 20.4 Å². The first-order chi connectivity index (χ1) is 12.2. The van der Waals surface area contributed by atoms with Crippen molar-refractivity contribution in [3.63, 3.8) is 0 Å². The van der Waals surface area contributed by atoms with Gasteiger partial charge in [-0.15, -0.1) is 0 Å². The number of para-hydroxylation sites is 1. The van der Waals surface area contributed by atoms with Gasteiger partial charge in [0.1, 0.15) is 0 Å². The summed E-state index contributed by atoms with van der Waals surface area (Å²) in [6.07, 6.45) is 4.23. The van der Waals surface area contributed by atoms with Gasteiger partial charge >= 0.3 is 0 Å². The van der Waals surface area contributed by atoms with Crippen LogP contribution in [0.1, 0.15) is 36.2 Å². The van der Waals surface area contributed by atoms with Gasteiger partial charge in [-0.3, -0.25) is 9.59 Å². The maximum atomic E-state index is 12.4. The van der Waals surface area contributed by atoms with Crippen molar-refractivity contribution < 1.29 is 9.59 Å². The quantitative estimate of drug-likeness (QED) is 0.887. The Balaban J connectivity index is 1.48. The highest BCUT2D eigenvalue weighted by molar-refractivity contribution is 5.83. The van der Waals surface area contributed by atoms with Crippen LogP contribution in [0.4, 0.5) is 0 Å². The number of hydrogen-bond acceptors (Lipinski definition) is 3. The molecule has 2 heterocycles. The summed E-state index contributed by atoms with van der Waals surface area (Å²) >= 11 is 0. The summed E-state index contributed by atoms with van der Waals surface area (Å²) in [4.78, 5) is 23.6. The van der Waals surface area contributed by atoms with Crippen LogP contribution in [-0.4, -0.2) is 28.1 Å². The predicted octanol–water partition coefficient (Wildman–Crippen LogP) is 1.50. The smallest absolute Gasteiger partial charge is 0.225 e. The van der Waals surface area contributed by atoms with Crippen molar-refractivity contribution in [2.75, 3.05) is 6.54 Å². The average Bonchev–Trinajstić information content (AvgIpc) is 3.24. The first-order valence-corrected chi connectivity index (χ1v) is 8.92. The third-order valence-electron chi connectivity index (χ3n) is 5.08. The zero-order valence-corrected chi connectivity index (χ0v) is 14.1. The Labute approximate surface area is 146 Å². The molecular formula is C19H22N4O2. The van der Waals surface area contributed by atoms with Crippen LogP contribution in [0.25, 0.3) is 5.69 Å². The topological polar surface area (TPSA) is 76.0 Å². The summed E-state index contributed by atoms with van der Waals surface area (Å²) in [6, 6.07) is 10.1. The fourth-order valence-corrected chi connectivity index (χ4v) is 3.71. The summed E-state index contributed by atoms with van der Waals surface area (Å²) in [5, 5.41) is 10.5. The molecule has 6 nitrogen and oxygen atoms in total. The van der Waals surface area contributed by atoms with Crippen molar-refractivity contribution >= 4 is 11.8 Å². The Morgan fingerprint density at radius 2 is 2.08 bits per heavy atom. The van der Waals surface area contributed by atoms with E-state index in [2.05, 4.69) is 22.8 Å². The molecule has 2 N–H and O–H groups in total. The average molecular weight is 338 g/mol. The zero-order valence-electron chi connectivity index (χ0n) is 14.1. The monoisotopic (exact) mass is 338 g/mol. The van der Waals surface area contributed by atoms with E-state index in [1.165, 1.54) is 11.3 Å². The molecular weight excluding hydrogens is 316 g/mol. The molecule has 2 aliphatic rings. The molecule has 6 heteroatoms. The van der Waals surface area contributed by atoms with Gasteiger partial charge in [-0.25, -0.2) is 4.68 Å². The minimum absolute atomic E-state index is 0.000933. The van der Waals surface area contributed by atoms with E-state index in [1.807, 2.05) is 22.9 Å². The number of hydrogen-bond donors (Lipinski definition) is 2. The maximum absolute atomic E-state index is 12.4. The summed E-state index contributed by atoms with van der Waals surface area (Å²) < 4.78 is 2.02. The van der Waals surface area contributed by atoms with Crippen LogP contribution in [0.5, 0.6) is 0 Å². The summed E-state index contributed by atoms with van der Waals surface area (Å²) in [7, 11) is 0. The number of nitrogens with zero attached hydrogens (tertiary/aromatic N) is 2. The molecule has 1 saturated heterocycles. The fourth-order valence-electron chi connectivity index (χ4n) is 3.71. The summed E-state index contributed by atoms with van der Waals surface area (Å²) in [5.74, 6) is -0.105. The summed E-state index contributed by atoms with van der Waals surface area (Å²) in [6.45, 7) is 0.882. The van der Waals surface area contributed by atoms with Crippen molar-refractivity contribution in [2.24, 2.45) is 5.92 Å². The Kier molecular flexibility index (Phi) is 4.26. The van der Waals surface area contributed by atoms with Crippen molar-refractivity contribution in [1.29, 1.82) is 0 Å². The molecule has 1 aromatic carbocycles. The molecule has 1 fully saturated rings. The number of aromatic nitrogens is 2. The lowest BCUT2D eigenvalue weighted by Gasteiger charge is -2.21. The van der Waals surface area contributed by atoms with Crippen LogP contribution in [0.15, 0.2) is 30.3 Å². The molecule has 4 rings (SSSR count). The third-order valence-corrected chi connectivity index (χ3v) is 5.08. The lowest BCUT2D eigenvalue weighted by molar-refractivity contribution is -0.129. The number of nitrogens with one attached hydrogen (secondary N) is 2. The zero-order chi connectivity index (χ0) is 17.2. The number of carbonyl (C=O) groups excluding carboxylic acids is 2. The van der Waals surface area contributed by atoms with E-state index in [0.717, 1.165) is 30.6 Å². The van der Waals surface area contributed by atoms with Gasteiger partial charge in [0.05, 0.1) is 23.8 Å². The van der Waals surface area contributed by atoms with Gasteiger partial charge in [-0.2, -0.15) is 5.10 Å². The second-order valence-corrected chi connectivity index (χ2v) is 6.73. The van der Waals surface area contributed by atoms with E-state index in [1.54, 1.807) is 0 Å². The van der Waals surface area contributed by atoms with Gasteiger partial charge in [0.2, 0.25) is 11.8 Å². The number of piperidine rings is 1. The van der Waals surface area contributed by atoms with E-state index < -0.39 is 0 Å². The van der Waals surface area contributed by atoms with E-state index >= 15 is 0 Å². The van der Waals surface area contributed by atoms with Gasteiger partial charge < -0.3 is 10.6 Å². The Bertz CT molecular complexity index is 787. The van der Waals surface area contributed by atoms with Crippen LogP contribution in [0, 0.1) is 5.92 Å². The molecule has 0 spiro atoms. The second kappa shape index (κ2) is 6.70. The lowest BCUT2D eigenvalue weighted by Crippen LogP contribution is -2.42. The normalized spacial score (nSPS) is 19.4. The molecule has 1 atom stereocenters. The van der Waals surface area contributed by atoms with E-state index in [9.17, 15) is 9.59 Å². The van der Waals surface area contributed by atoms with Crippen LogP contribution in [-0.2, 0) is 29.0 Å². The first kappa shape index (κ1) is 15.9. The van der Waals surface area contributed by atoms with E-state index in [4.69, 9.17) is 5.10 Å². The largest absolute Gasteiger partial charge is 0.355 e. The predicted molar refractivity (Wildman–Crippen MR) is 93.2 cm³/mol. The minimum Gasteiger partial charge on any atom is -0.355 e. The van der Waals surface area contributed by atoms with Gasteiger partial charge in [0, 0.05) is 18.7 Å². The first-order valence-electron chi connectivity index (χ1n) is 8.92. The number of amides is 2. The molecule has 0 radical (unpaired) electrons. The van der Waals surface area contributed by atoms with Gasteiger partial charge in [-0.1, -0.05) is 18.2 Å². The minimum atomic E-state index is -0.137. The number of fused-ring (bicyclic) bond motifs is 1. The molecule has 1 aromatic heterocycles.